The molecule has 6 nitrogen and oxygen atoms in total. The van der Waals surface area contributed by atoms with Crippen LogP contribution < -0.4 is 14.8 Å². The van der Waals surface area contributed by atoms with Crippen molar-refractivity contribution in [2.45, 2.75) is 22.1 Å². The van der Waals surface area contributed by atoms with Crippen molar-refractivity contribution in [2.75, 3.05) is 19.0 Å². The standard InChI is InChI=1S/C23H19NO5S2/c1-3-12-29-17-6-4-15(5-7-17)19-13-21(25)24-22-20(14-30-23(19)22)31(26,27)18-10-8-16(28-2)9-11-18/h1,4-11,14,19H,12-13H2,2H3,(H,24,25). The van der Waals surface area contributed by atoms with Gasteiger partial charge in [-0.25, -0.2) is 8.42 Å². The maximum Gasteiger partial charge on any atom is 0.225 e. The lowest BCUT2D eigenvalue weighted by atomic mass is 9.90. The van der Waals surface area contributed by atoms with Crippen LogP contribution in [0.15, 0.2) is 63.7 Å². The Morgan fingerprint density at radius 3 is 2.45 bits per heavy atom. The summed E-state index contributed by atoms with van der Waals surface area (Å²) in [7, 11) is -2.29. The van der Waals surface area contributed by atoms with E-state index in [1.165, 1.54) is 30.6 Å². The number of carbonyl (C=O) groups is 1. The zero-order valence-corrected chi connectivity index (χ0v) is 18.3. The molecule has 0 spiro atoms. The summed E-state index contributed by atoms with van der Waals surface area (Å²) < 4.78 is 37.0. The number of carbonyl (C=O) groups excluding carboxylic acids is 1. The van der Waals surface area contributed by atoms with Crippen molar-refractivity contribution >= 4 is 32.8 Å². The predicted octanol–water partition coefficient (Wildman–Crippen LogP) is 4.08. The fourth-order valence-corrected chi connectivity index (χ4v) is 6.38. The summed E-state index contributed by atoms with van der Waals surface area (Å²) in [5, 5.41) is 4.36. The van der Waals surface area contributed by atoms with Crippen LogP contribution in [0, 0.1) is 12.3 Å². The first kappa shape index (κ1) is 21.0. The Hall–Kier alpha value is -3.28. The zero-order chi connectivity index (χ0) is 22.0. The Morgan fingerprint density at radius 2 is 1.81 bits per heavy atom. The van der Waals surface area contributed by atoms with Crippen LogP contribution in [0.5, 0.6) is 11.5 Å². The Morgan fingerprint density at radius 1 is 1.13 bits per heavy atom. The molecule has 2 heterocycles. The highest BCUT2D eigenvalue weighted by atomic mass is 32.2. The number of rotatable bonds is 6. The second kappa shape index (κ2) is 8.46. The van der Waals surface area contributed by atoms with Crippen LogP contribution in [0.4, 0.5) is 5.69 Å². The van der Waals surface area contributed by atoms with Crippen LogP contribution in [0.1, 0.15) is 22.8 Å². The lowest BCUT2D eigenvalue weighted by molar-refractivity contribution is -0.116. The van der Waals surface area contributed by atoms with Gasteiger partial charge >= 0.3 is 0 Å². The Balaban J connectivity index is 1.70. The minimum absolute atomic E-state index is 0.102. The quantitative estimate of drug-likeness (QED) is 0.569. The van der Waals surface area contributed by atoms with E-state index in [0.717, 1.165) is 10.4 Å². The van der Waals surface area contributed by atoms with Gasteiger partial charge in [0, 0.05) is 22.6 Å². The van der Waals surface area contributed by atoms with Crippen LogP contribution in [-0.4, -0.2) is 28.0 Å². The number of anilines is 1. The summed E-state index contributed by atoms with van der Waals surface area (Å²) in [6.07, 6.45) is 5.45. The fourth-order valence-electron chi connectivity index (χ4n) is 3.47. The van der Waals surface area contributed by atoms with Gasteiger partial charge in [-0.15, -0.1) is 17.8 Å². The van der Waals surface area contributed by atoms with E-state index >= 15 is 0 Å². The first-order valence-corrected chi connectivity index (χ1v) is 11.8. The van der Waals surface area contributed by atoms with E-state index in [1.54, 1.807) is 29.6 Å². The molecule has 3 aromatic rings. The van der Waals surface area contributed by atoms with E-state index in [0.29, 0.717) is 17.2 Å². The highest BCUT2D eigenvalue weighted by Gasteiger charge is 2.34. The highest BCUT2D eigenvalue weighted by Crippen LogP contribution is 2.46. The largest absolute Gasteiger partial charge is 0.497 e. The number of terminal acetylenes is 1. The third-order valence-corrected chi connectivity index (χ3v) is 8.06. The normalized spacial score (nSPS) is 15.5. The second-order valence-electron chi connectivity index (χ2n) is 6.88. The van der Waals surface area contributed by atoms with Crippen molar-refractivity contribution in [2.24, 2.45) is 0 Å². The van der Waals surface area contributed by atoms with E-state index < -0.39 is 9.84 Å². The SMILES string of the molecule is C#CCOc1ccc(C2CC(=O)Nc3c(S(=O)(=O)c4ccc(OC)cc4)csc32)cc1. The summed E-state index contributed by atoms with van der Waals surface area (Å²) in [6.45, 7) is 0.173. The third-order valence-electron chi connectivity index (χ3n) is 5.02. The minimum atomic E-state index is -3.81. The summed E-state index contributed by atoms with van der Waals surface area (Å²) in [5.74, 6) is 3.14. The molecule has 2 aromatic carbocycles. The van der Waals surface area contributed by atoms with Crippen LogP contribution in [-0.2, 0) is 14.6 Å². The smallest absolute Gasteiger partial charge is 0.225 e. The van der Waals surface area contributed by atoms with E-state index in [9.17, 15) is 13.2 Å². The first-order valence-electron chi connectivity index (χ1n) is 9.40. The summed E-state index contributed by atoms with van der Waals surface area (Å²) in [5.41, 5.74) is 1.26. The summed E-state index contributed by atoms with van der Waals surface area (Å²) in [6, 6.07) is 13.5. The number of fused-ring (bicyclic) bond motifs is 1. The van der Waals surface area contributed by atoms with Crippen molar-refractivity contribution in [3.05, 3.63) is 64.4 Å². The highest BCUT2D eigenvalue weighted by molar-refractivity contribution is 7.91. The Bertz CT molecular complexity index is 1250. The molecule has 1 aliphatic heterocycles. The number of hydrogen-bond acceptors (Lipinski definition) is 6. The molecule has 1 aromatic heterocycles. The first-order chi connectivity index (χ1) is 14.9. The van der Waals surface area contributed by atoms with Crippen molar-refractivity contribution in [1.29, 1.82) is 0 Å². The molecule has 0 saturated heterocycles. The van der Waals surface area contributed by atoms with Crippen molar-refractivity contribution in [3.63, 3.8) is 0 Å². The third kappa shape index (κ3) is 4.02. The van der Waals surface area contributed by atoms with Crippen molar-refractivity contribution < 1.29 is 22.7 Å². The molecule has 0 bridgehead atoms. The van der Waals surface area contributed by atoms with Gasteiger partial charge in [-0.1, -0.05) is 18.1 Å². The number of benzene rings is 2. The fraction of sp³-hybridized carbons (Fsp3) is 0.174. The Kier molecular flexibility index (Phi) is 5.72. The van der Waals surface area contributed by atoms with Crippen LogP contribution in [0.25, 0.3) is 0 Å². The number of nitrogens with one attached hydrogen (secondary N) is 1. The summed E-state index contributed by atoms with van der Waals surface area (Å²) in [4.78, 5) is 13.5. The number of amides is 1. The molecule has 1 aliphatic rings. The topological polar surface area (TPSA) is 81.7 Å². The monoisotopic (exact) mass is 453 g/mol. The van der Waals surface area contributed by atoms with Crippen molar-refractivity contribution in [3.8, 4) is 23.8 Å². The molecule has 0 radical (unpaired) electrons. The van der Waals surface area contributed by atoms with Gasteiger partial charge in [-0.2, -0.15) is 0 Å². The van der Waals surface area contributed by atoms with Gasteiger partial charge in [0.1, 0.15) is 23.0 Å². The number of methoxy groups -OCH3 is 1. The molecule has 158 valence electrons. The van der Waals surface area contributed by atoms with E-state index in [2.05, 4.69) is 11.2 Å². The second-order valence-corrected chi connectivity index (χ2v) is 9.71. The maximum absolute atomic E-state index is 13.2. The van der Waals surface area contributed by atoms with Crippen molar-refractivity contribution in [1.82, 2.24) is 0 Å². The molecule has 0 aliphatic carbocycles. The number of sulfone groups is 1. The molecule has 8 heteroatoms. The average molecular weight is 454 g/mol. The van der Waals surface area contributed by atoms with Gasteiger partial charge in [0.2, 0.25) is 15.7 Å². The lowest BCUT2D eigenvalue weighted by Gasteiger charge is -2.24. The van der Waals surface area contributed by atoms with Gasteiger partial charge in [0.25, 0.3) is 0 Å². The van der Waals surface area contributed by atoms with Gasteiger partial charge in [0.05, 0.1) is 17.7 Å². The molecule has 31 heavy (non-hydrogen) atoms. The molecule has 4 rings (SSSR count). The molecule has 1 N–H and O–H groups in total. The molecular weight excluding hydrogens is 434 g/mol. The van der Waals surface area contributed by atoms with Gasteiger partial charge in [-0.3, -0.25) is 4.79 Å². The van der Waals surface area contributed by atoms with Gasteiger partial charge < -0.3 is 14.8 Å². The van der Waals surface area contributed by atoms with Crippen LogP contribution in [0.3, 0.4) is 0 Å². The van der Waals surface area contributed by atoms with Gasteiger partial charge in [0.15, 0.2) is 0 Å². The lowest BCUT2D eigenvalue weighted by Crippen LogP contribution is -2.23. The molecule has 1 unspecified atom stereocenters. The van der Waals surface area contributed by atoms with Gasteiger partial charge in [-0.05, 0) is 42.0 Å². The Labute approximate surface area is 184 Å². The summed E-state index contributed by atoms with van der Waals surface area (Å²) >= 11 is 1.33. The zero-order valence-electron chi connectivity index (χ0n) is 16.6. The molecule has 0 saturated carbocycles. The minimum Gasteiger partial charge on any atom is -0.497 e. The van der Waals surface area contributed by atoms with E-state index in [-0.39, 0.29) is 34.6 Å². The number of hydrogen-bond donors (Lipinski definition) is 1. The number of ether oxygens (including phenoxy) is 2. The van der Waals surface area contributed by atoms with E-state index in [1.807, 2.05) is 12.1 Å². The molecule has 0 fully saturated rings. The molecule has 1 atom stereocenters. The predicted molar refractivity (Wildman–Crippen MR) is 119 cm³/mol. The molecular formula is C23H19NO5S2. The average Bonchev–Trinajstić information content (AvgIpc) is 3.22. The maximum atomic E-state index is 13.2. The van der Waals surface area contributed by atoms with Crippen LogP contribution in [0.2, 0.25) is 0 Å². The van der Waals surface area contributed by atoms with E-state index in [4.69, 9.17) is 15.9 Å². The number of thiophene rings is 1. The van der Waals surface area contributed by atoms with Crippen LogP contribution >= 0.6 is 11.3 Å². The molecule has 1 amide bonds.